The van der Waals surface area contributed by atoms with Crippen LogP contribution in [0.15, 0.2) is 16.8 Å². The monoisotopic (exact) mass is 169 g/mol. The first-order chi connectivity index (χ1) is 5.66. The molecule has 0 aliphatic carbocycles. The maximum absolute atomic E-state index is 8.19. The van der Waals surface area contributed by atoms with Crippen LogP contribution < -0.4 is 0 Å². The Morgan fingerprint density at radius 3 is 2.67 bits per heavy atom. The predicted molar refractivity (Wildman–Crippen MR) is 52.7 cm³/mol. The van der Waals surface area contributed by atoms with Gasteiger partial charge in [0.1, 0.15) is 0 Å². The third-order valence-corrected chi connectivity index (χ3v) is 1.80. The summed E-state index contributed by atoms with van der Waals surface area (Å²) in [6.45, 7) is 6.39. The van der Waals surface area contributed by atoms with Crippen LogP contribution in [-0.2, 0) is 0 Å². The van der Waals surface area contributed by atoms with Crippen LogP contribution in [0.4, 0.5) is 0 Å². The van der Waals surface area contributed by atoms with E-state index < -0.39 is 0 Å². The molecule has 0 saturated heterocycles. The lowest BCUT2D eigenvalue weighted by Crippen LogP contribution is -1.94. The van der Waals surface area contributed by atoms with Gasteiger partial charge in [-0.15, -0.1) is 5.16 Å². The van der Waals surface area contributed by atoms with E-state index >= 15 is 0 Å². The molecule has 0 aliphatic rings. The SMILES string of the molecule is CC(C)=CCC[C@H](C)C/C=N\O. The van der Waals surface area contributed by atoms with Gasteiger partial charge in [-0.1, -0.05) is 18.6 Å². The third-order valence-electron chi connectivity index (χ3n) is 1.80. The zero-order chi connectivity index (χ0) is 9.40. The predicted octanol–water partition coefficient (Wildman–Crippen LogP) is 3.22. The first-order valence-corrected chi connectivity index (χ1v) is 4.46. The van der Waals surface area contributed by atoms with Crippen LogP contribution in [-0.4, -0.2) is 11.4 Å². The molecule has 0 aromatic carbocycles. The molecule has 0 unspecified atom stereocenters. The summed E-state index contributed by atoms with van der Waals surface area (Å²) in [5.74, 6) is 0.608. The second-order valence-corrected chi connectivity index (χ2v) is 3.50. The molecule has 0 aromatic rings. The quantitative estimate of drug-likeness (QED) is 0.291. The van der Waals surface area contributed by atoms with Gasteiger partial charge in [-0.2, -0.15) is 0 Å². The van der Waals surface area contributed by atoms with Crippen molar-refractivity contribution in [3.8, 4) is 0 Å². The fourth-order valence-electron chi connectivity index (χ4n) is 1.00. The number of rotatable bonds is 5. The molecule has 70 valence electrons. The van der Waals surface area contributed by atoms with Crippen molar-refractivity contribution in [2.45, 2.75) is 40.0 Å². The van der Waals surface area contributed by atoms with Gasteiger partial charge in [-0.25, -0.2) is 0 Å². The largest absolute Gasteiger partial charge is 0.411 e. The number of allylic oxidation sites excluding steroid dienone is 2. The minimum absolute atomic E-state index is 0.608. The molecule has 12 heavy (non-hydrogen) atoms. The van der Waals surface area contributed by atoms with E-state index in [1.54, 1.807) is 6.21 Å². The van der Waals surface area contributed by atoms with E-state index in [1.165, 1.54) is 5.57 Å². The number of nitrogens with zero attached hydrogens (tertiary/aromatic N) is 1. The zero-order valence-electron chi connectivity index (χ0n) is 8.25. The van der Waals surface area contributed by atoms with Gasteiger partial charge in [0, 0.05) is 6.21 Å². The van der Waals surface area contributed by atoms with Crippen molar-refractivity contribution in [1.82, 2.24) is 0 Å². The summed E-state index contributed by atoms with van der Waals surface area (Å²) in [6, 6.07) is 0. The van der Waals surface area contributed by atoms with Gasteiger partial charge >= 0.3 is 0 Å². The summed E-state index contributed by atoms with van der Waals surface area (Å²) in [7, 11) is 0. The second-order valence-electron chi connectivity index (χ2n) is 3.50. The van der Waals surface area contributed by atoms with Crippen molar-refractivity contribution in [1.29, 1.82) is 0 Å². The van der Waals surface area contributed by atoms with Crippen LogP contribution in [0.3, 0.4) is 0 Å². The van der Waals surface area contributed by atoms with Crippen molar-refractivity contribution in [3.63, 3.8) is 0 Å². The van der Waals surface area contributed by atoms with E-state index in [9.17, 15) is 0 Å². The van der Waals surface area contributed by atoms with Crippen molar-refractivity contribution < 1.29 is 5.21 Å². The molecule has 0 aromatic heterocycles. The molecule has 0 saturated carbocycles. The fourth-order valence-corrected chi connectivity index (χ4v) is 1.00. The normalized spacial score (nSPS) is 13.2. The number of hydrogen-bond donors (Lipinski definition) is 1. The van der Waals surface area contributed by atoms with Crippen LogP contribution in [0.1, 0.15) is 40.0 Å². The molecule has 2 nitrogen and oxygen atoms in total. The number of oxime groups is 1. The molecule has 0 bridgehead atoms. The van der Waals surface area contributed by atoms with Gasteiger partial charge in [0.25, 0.3) is 0 Å². The standard InChI is InChI=1S/C10H19NO/c1-9(2)5-4-6-10(3)7-8-11-12/h5,8,10,12H,4,6-7H2,1-3H3/b11-8-/t10-/m0/s1. The van der Waals surface area contributed by atoms with Crippen LogP contribution in [0, 0.1) is 5.92 Å². The lowest BCUT2D eigenvalue weighted by Gasteiger charge is -2.04. The summed E-state index contributed by atoms with van der Waals surface area (Å²) in [5.41, 5.74) is 1.37. The minimum Gasteiger partial charge on any atom is -0.411 e. The second kappa shape index (κ2) is 6.89. The molecular formula is C10H19NO. The van der Waals surface area contributed by atoms with Crippen molar-refractivity contribution in [3.05, 3.63) is 11.6 Å². The lowest BCUT2D eigenvalue weighted by atomic mass is 10.0. The van der Waals surface area contributed by atoms with Crippen LogP contribution in [0.5, 0.6) is 0 Å². The highest BCUT2D eigenvalue weighted by Crippen LogP contribution is 2.10. The fraction of sp³-hybridized carbons (Fsp3) is 0.700. The number of hydrogen-bond acceptors (Lipinski definition) is 2. The van der Waals surface area contributed by atoms with Gasteiger partial charge in [-0.05, 0) is 39.0 Å². The average Bonchev–Trinajstić information content (AvgIpc) is 2.00. The van der Waals surface area contributed by atoms with Crippen LogP contribution in [0.2, 0.25) is 0 Å². The van der Waals surface area contributed by atoms with Crippen LogP contribution >= 0.6 is 0 Å². The first kappa shape index (κ1) is 11.2. The first-order valence-electron chi connectivity index (χ1n) is 4.46. The Kier molecular flexibility index (Phi) is 6.44. The highest BCUT2D eigenvalue weighted by Gasteiger charge is 1.97. The summed E-state index contributed by atoms with van der Waals surface area (Å²) < 4.78 is 0. The third kappa shape index (κ3) is 7.32. The smallest absolute Gasteiger partial charge is 0.0438 e. The van der Waals surface area contributed by atoms with Gasteiger partial charge in [0.2, 0.25) is 0 Å². The highest BCUT2D eigenvalue weighted by atomic mass is 16.4. The Hall–Kier alpha value is -0.790. The van der Waals surface area contributed by atoms with Crippen molar-refractivity contribution >= 4 is 6.21 Å². The van der Waals surface area contributed by atoms with Gasteiger partial charge < -0.3 is 5.21 Å². The Morgan fingerprint density at radius 2 is 2.17 bits per heavy atom. The lowest BCUT2D eigenvalue weighted by molar-refractivity contribution is 0.319. The summed E-state index contributed by atoms with van der Waals surface area (Å²) >= 11 is 0. The Balaban J connectivity index is 3.43. The van der Waals surface area contributed by atoms with E-state index in [0.717, 1.165) is 19.3 Å². The Labute approximate surface area is 75.0 Å². The highest BCUT2D eigenvalue weighted by molar-refractivity contribution is 5.56. The molecule has 0 amide bonds. The molecule has 0 heterocycles. The molecule has 1 atom stereocenters. The van der Waals surface area contributed by atoms with Gasteiger partial charge in [0.05, 0.1) is 0 Å². The topological polar surface area (TPSA) is 32.6 Å². The van der Waals surface area contributed by atoms with E-state index in [2.05, 4.69) is 32.0 Å². The van der Waals surface area contributed by atoms with Crippen molar-refractivity contribution in [2.75, 3.05) is 0 Å². The Morgan fingerprint density at radius 1 is 1.50 bits per heavy atom. The zero-order valence-corrected chi connectivity index (χ0v) is 8.25. The van der Waals surface area contributed by atoms with Crippen LogP contribution in [0.25, 0.3) is 0 Å². The maximum atomic E-state index is 8.19. The summed E-state index contributed by atoms with van der Waals surface area (Å²) in [6.07, 6.45) is 6.97. The molecule has 0 fully saturated rings. The summed E-state index contributed by atoms with van der Waals surface area (Å²) in [4.78, 5) is 0. The van der Waals surface area contributed by atoms with E-state index in [4.69, 9.17) is 5.21 Å². The van der Waals surface area contributed by atoms with Crippen molar-refractivity contribution in [2.24, 2.45) is 11.1 Å². The maximum Gasteiger partial charge on any atom is 0.0438 e. The molecule has 0 rings (SSSR count). The Bertz CT molecular complexity index is 157. The van der Waals surface area contributed by atoms with Gasteiger partial charge in [-0.3, -0.25) is 0 Å². The average molecular weight is 169 g/mol. The molecule has 0 radical (unpaired) electrons. The minimum atomic E-state index is 0.608. The molecule has 1 N–H and O–H groups in total. The van der Waals surface area contributed by atoms with Gasteiger partial charge in [0.15, 0.2) is 0 Å². The summed E-state index contributed by atoms with van der Waals surface area (Å²) in [5, 5.41) is 11.2. The molecular weight excluding hydrogens is 150 g/mol. The van der Waals surface area contributed by atoms with E-state index in [0.29, 0.717) is 5.92 Å². The molecule has 0 aliphatic heterocycles. The van der Waals surface area contributed by atoms with E-state index in [1.807, 2.05) is 0 Å². The van der Waals surface area contributed by atoms with E-state index in [-0.39, 0.29) is 0 Å². The molecule has 0 spiro atoms. The molecule has 2 heteroatoms.